The van der Waals surface area contributed by atoms with E-state index in [1.54, 1.807) is 7.11 Å². The predicted molar refractivity (Wildman–Crippen MR) is 77.0 cm³/mol. The molecule has 0 aromatic heterocycles. The minimum Gasteiger partial charge on any atom is -0.496 e. The molecule has 0 aliphatic heterocycles. The second-order valence-corrected chi connectivity index (χ2v) is 5.37. The summed E-state index contributed by atoms with van der Waals surface area (Å²) >= 11 is 3.39. The van der Waals surface area contributed by atoms with Crippen molar-refractivity contribution in [3.8, 4) is 5.75 Å². The van der Waals surface area contributed by atoms with Gasteiger partial charge in [-0.3, -0.25) is 0 Å². The fourth-order valence-corrected chi connectivity index (χ4v) is 2.60. The molecule has 0 saturated carbocycles. The van der Waals surface area contributed by atoms with Gasteiger partial charge in [0.1, 0.15) is 5.75 Å². The van der Waals surface area contributed by atoms with Crippen LogP contribution in [0.3, 0.4) is 0 Å². The fourth-order valence-electron chi connectivity index (χ4n) is 2.04. The van der Waals surface area contributed by atoms with E-state index in [4.69, 9.17) is 4.74 Å². The van der Waals surface area contributed by atoms with Gasteiger partial charge < -0.3 is 10.1 Å². The topological polar surface area (TPSA) is 21.3 Å². The van der Waals surface area contributed by atoms with E-state index in [0.717, 1.165) is 10.0 Å². The van der Waals surface area contributed by atoms with Crippen LogP contribution >= 0.6 is 15.9 Å². The Balaban J connectivity index is 2.72. The van der Waals surface area contributed by atoms with Crippen LogP contribution in [0.15, 0.2) is 22.7 Å². The van der Waals surface area contributed by atoms with Crippen LogP contribution in [-0.4, -0.2) is 19.8 Å². The molecule has 0 aliphatic rings. The number of alkyl halides is 3. The highest BCUT2D eigenvalue weighted by molar-refractivity contribution is 9.10. The van der Waals surface area contributed by atoms with Gasteiger partial charge in [0.05, 0.1) is 11.6 Å². The van der Waals surface area contributed by atoms with Crippen molar-refractivity contribution in [1.29, 1.82) is 0 Å². The molecule has 0 heterocycles. The predicted octanol–water partition coefficient (Wildman–Crippen LogP) is 4.84. The highest BCUT2D eigenvalue weighted by Crippen LogP contribution is 2.31. The lowest BCUT2D eigenvalue weighted by Gasteiger charge is -2.19. The first-order chi connectivity index (χ1) is 9.37. The van der Waals surface area contributed by atoms with Gasteiger partial charge in [-0.25, -0.2) is 0 Å². The van der Waals surface area contributed by atoms with E-state index in [0.29, 0.717) is 18.7 Å². The van der Waals surface area contributed by atoms with E-state index in [-0.39, 0.29) is 12.5 Å². The Hall–Kier alpha value is -0.750. The third-order valence-corrected chi connectivity index (χ3v) is 3.60. The molecule has 1 aromatic carbocycles. The minimum absolute atomic E-state index is 0.0791. The molecule has 0 aliphatic carbocycles. The van der Waals surface area contributed by atoms with Crippen LogP contribution < -0.4 is 10.1 Å². The van der Waals surface area contributed by atoms with Gasteiger partial charge >= 0.3 is 6.18 Å². The van der Waals surface area contributed by atoms with Gasteiger partial charge in [-0.2, -0.15) is 13.2 Å². The summed E-state index contributed by atoms with van der Waals surface area (Å²) < 4.78 is 42.6. The van der Waals surface area contributed by atoms with Gasteiger partial charge in [0.15, 0.2) is 0 Å². The molecular formula is C14H19BrF3NO. The number of benzene rings is 1. The van der Waals surface area contributed by atoms with Gasteiger partial charge in [-0.15, -0.1) is 0 Å². The van der Waals surface area contributed by atoms with Gasteiger partial charge in [0.25, 0.3) is 0 Å². The molecule has 1 N–H and O–H groups in total. The van der Waals surface area contributed by atoms with Gasteiger partial charge in [-0.05, 0) is 53.0 Å². The van der Waals surface area contributed by atoms with Crippen LogP contribution in [0.5, 0.6) is 5.75 Å². The molecule has 20 heavy (non-hydrogen) atoms. The van der Waals surface area contributed by atoms with Gasteiger partial charge in [-0.1, -0.05) is 13.0 Å². The average molecular weight is 354 g/mol. The molecule has 0 saturated heterocycles. The van der Waals surface area contributed by atoms with E-state index in [1.165, 1.54) is 0 Å². The van der Waals surface area contributed by atoms with Gasteiger partial charge in [0.2, 0.25) is 0 Å². The zero-order valence-corrected chi connectivity index (χ0v) is 13.1. The highest BCUT2D eigenvalue weighted by atomic mass is 79.9. The van der Waals surface area contributed by atoms with E-state index in [9.17, 15) is 13.2 Å². The van der Waals surface area contributed by atoms with Crippen molar-refractivity contribution in [2.45, 2.75) is 38.4 Å². The Labute approximate surface area is 125 Å². The Morgan fingerprint density at radius 3 is 2.55 bits per heavy atom. The Bertz CT molecular complexity index is 423. The number of hydrogen-bond acceptors (Lipinski definition) is 2. The lowest BCUT2D eigenvalue weighted by atomic mass is 10.0. The quantitative estimate of drug-likeness (QED) is 0.757. The number of halogens is 4. The van der Waals surface area contributed by atoms with E-state index >= 15 is 0 Å². The summed E-state index contributed by atoms with van der Waals surface area (Å²) in [5, 5.41) is 3.22. The average Bonchev–Trinajstić information content (AvgIpc) is 2.36. The Morgan fingerprint density at radius 2 is 2.05 bits per heavy atom. The first-order valence-corrected chi connectivity index (χ1v) is 7.30. The smallest absolute Gasteiger partial charge is 0.389 e. The highest BCUT2D eigenvalue weighted by Gasteiger charge is 2.26. The summed E-state index contributed by atoms with van der Waals surface area (Å²) in [6.07, 6.45) is -4.26. The molecule has 1 aromatic rings. The molecule has 114 valence electrons. The fraction of sp³-hybridized carbons (Fsp3) is 0.571. The third kappa shape index (κ3) is 5.71. The normalized spacial score (nSPS) is 13.3. The zero-order chi connectivity index (χ0) is 15.2. The molecular weight excluding hydrogens is 335 g/mol. The number of ether oxygens (including phenoxy) is 1. The van der Waals surface area contributed by atoms with E-state index in [2.05, 4.69) is 21.2 Å². The van der Waals surface area contributed by atoms with Crippen molar-refractivity contribution < 1.29 is 17.9 Å². The standard InChI is InChI=1S/C14H19BrF3NO/c1-3-19-12(5-4-8-14(16,17)18)10-6-7-13(20-2)11(15)9-10/h6-7,9,12,19H,3-5,8H2,1-2H3. The number of rotatable bonds is 7. The first-order valence-electron chi connectivity index (χ1n) is 6.51. The maximum atomic E-state index is 12.2. The van der Waals surface area contributed by atoms with Crippen molar-refractivity contribution in [3.63, 3.8) is 0 Å². The van der Waals surface area contributed by atoms with Crippen LogP contribution in [0.1, 0.15) is 37.8 Å². The second-order valence-electron chi connectivity index (χ2n) is 4.51. The number of nitrogens with one attached hydrogen (secondary N) is 1. The lowest BCUT2D eigenvalue weighted by Crippen LogP contribution is -2.21. The molecule has 0 radical (unpaired) electrons. The van der Waals surface area contributed by atoms with Crippen LogP contribution in [0, 0.1) is 0 Å². The van der Waals surface area contributed by atoms with Crippen LogP contribution in [0.4, 0.5) is 13.2 Å². The molecule has 0 spiro atoms. The summed E-state index contributed by atoms with van der Waals surface area (Å²) in [5.74, 6) is 0.708. The zero-order valence-electron chi connectivity index (χ0n) is 11.6. The summed E-state index contributed by atoms with van der Waals surface area (Å²) in [6.45, 7) is 2.65. The first kappa shape index (κ1) is 17.3. The molecule has 2 nitrogen and oxygen atoms in total. The molecule has 0 fully saturated rings. The van der Waals surface area contributed by atoms with E-state index in [1.807, 2.05) is 25.1 Å². The minimum atomic E-state index is -4.09. The number of methoxy groups -OCH3 is 1. The summed E-state index contributed by atoms with van der Waals surface area (Å²) in [7, 11) is 1.57. The van der Waals surface area contributed by atoms with Crippen molar-refractivity contribution in [2.24, 2.45) is 0 Å². The molecule has 1 atom stereocenters. The molecule has 0 amide bonds. The largest absolute Gasteiger partial charge is 0.496 e. The van der Waals surface area contributed by atoms with Gasteiger partial charge in [0, 0.05) is 12.5 Å². The Morgan fingerprint density at radius 1 is 1.35 bits per heavy atom. The van der Waals surface area contributed by atoms with Crippen LogP contribution in [-0.2, 0) is 0 Å². The van der Waals surface area contributed by atoms with Crippen molar-refractivity contribution >= 4 is 15.9 Å². The number of hydrogen-bond donors (Lipinski definition) is 1. The van der Waals surface area contributed by atoms with Crippen LogP contribution in [0.25, 0.3) is 0 Å². The molecule has 1 rings (SSSR count). The van der Waals surface area contributed by atoms with Crippen molar-refractivity contribution in [3.05, 3.63) is 28.2 Å². The monoisotopic (exact) mass is 353 g/mol. The van der Waals surface area contributed by atoms with Crippen molar-refractivity contribution in [2.75, 3.05) is 13.7 Å². The SMILES string of the molecule is CCNC(CCCC(F)(F)F)c1ccc(OC)c(Br)c1. The summed E-state index contributed by atoms with van der Waals surface area (Å²) in [6, 6.07) is 5.50. The van der Waals surface area contributed by atoms with E-state index < -0.39 is 12.6 Å². The second kappa shape index (κ2) is 7.88. The van der Waals surface area contributed by atoms with Crippen LogP contribution in [0.2, 0.25) is 0 Å². The van der Waals surface area contributed by atoms with Crippen molar-refractivity contribution in [1.82, 2.24) is 5.32 Å². The molecule has 1 unspecified atom stereocenters. The third-order valence-electron chi connectivity index (χ3n) is 2.98. The maximum Gasteiger partial charge on any atom is 0.389 e. The summed E-state index contributed by atoms with van der Waals surface area (Å²) in [4.78, 5) is 0. The Kier molecular flexibility index (Phi) is 6.82. The maximum absolute atomic E-state index is 12.2. The molecule has 0 bridgehead atoms. The molecule has 6 heteroatoms. The summed E-state index contributed by atoms with van der Waals surface area (Å²) in [5.41, 5.74) is 0.960. The lowest BCUT2D eigenvalue weighted by molar-refractivity contribution is -0.135.